The first-order valence-electron chi connectivity index (χ1n) is 5.56. The van der Waals surface area contributed by atoms with Gasteiger partial charge in [0.15, 0.2) is 0 Å². The number of carbonyl (C=O) groups is 1. The minimum atomic E-state index is -1.03. The first kappa shape index (κ1) is 13.9. The van der Waals surface area contributed by atoms with Gasteiger partial charge in [-0.25, -0.2) is 0 Å². The molecule has 17 heavy (non-hydrogen) atoms. The molecule has 0 fully saturated rings. The van der Waals surface area contributed by atoms with Crippen molar-refractivity contribution in [2.24, 2.45) is 0 Å². The Balaban J connectivity index is 2.90. The molecule has 0 saturated heterocycles. The average Bonchev–Trinajstić information content (AvgIpc) is 2.35. The van der Waals surface area contributed by atoms with E-state index in [2.05, 4.69) is 0 Å². The number of ether oxygens (including phenoxy) is 1. The van der Waals surface area contributed by atoms with Crippen LogP contribution in [0.5, 0.6) is 0 Å². The molecular formula is C13H18O3S. The van der Waals surface area contributed by atoms with Crippen molar-refractivity contribution >= 4 is 16.8 Å². The van der Waals surface area contributed by atoms with E-state index in [9.17, 15) is 9.00 Å². The normalized spacial score (nSPS) is 14.4. The summed E-state index contributed by atoms with van der Waals surface area (Å²) in [5.41, 5.74) is 0.855. The predicted molar refractivity (Wildman–Crippen MR) is 69.3 cm³/mol. The molecule has 0 radical (unpaired) electrons. The van der Waals surface area contributed by atoms with Gasteiger partial charge >= 0.3 is 5.97 Å². The van der Waals surface area contributed by atoms with E-state index in [1.807, 2.05) is 44.2 Å². The zero-order valence-corrected chi connectivity index (χ0v) is 11.2. The molecule has 0 aliphatic heterocycles. The van der Waals surface area contributed by atoms with Crippen LogP contribution < -0.4 is 0 Å². The number of hydrogen-bond donors (Lipinski definition) is 0. The lowest BCUT2D eigenvalue weighted by Crippen LogP contribution is -2.23. The Kier molecular flexibility index (Phi) is 5.35. The number of methoxy groups -OCH3 is 1. The van der Waals surface area contributed by atoms with Crippen LogP contribution >= 0.6 is 0 Å². The third-order valence-corrected chi connectivity index (χ3v) is 4.26. The van der Waals surface area contributed by atoms with Crippen molar-refractivity contribution in [2.75, 3.05) is 12.9 Å². The molecule has 0 spiro atoms. The fourth-order valence-corrected chi connectivity index (χ4v) is 2.53. The van der Waals surface area contributed by atoms with Crippen molar-refractivity contribution in [3.05, 3.63) is 35.9 Å². The number of benzene rings is 1. The third-order valence-electron chi connectivity index (χ3n) is 2.54. The summed E-state index contributed by atoms with van der Waals surface area (Å²) in [6, 6.07) is 9.34. The van der Waals surface area contributed by atoms with Gasteiger partial charge in [-0.2, -0.15) is 0 Å². The molecule has 0 saturated carbocycles. The van der Waals surface area contributed by atoms with Crippen LogP contribution in [0.25, 0.3) is 0 Å². The highest BCUT2D eigenvalue weighted by molar-refractivity contribution is 7.85. The van der Waals surface area contributed by atoms with Crippen LogP contribution in [0.15, 0.2) is 30.3 Å². The monoisotopic (exact) mass is 254 g/mol. The lowest BCUT2D eigenvalue weighted by atomic mass is 10.0. The Morgan fingerprint density at radius 2 is 1.88 bits per heavy atom. The number of esters is 1. The number of rotatable bonds is 5. The second kappa shape index (κ2) is 6.55. The standard InChI is InChI=1S/C13H18O3S/c1-10(2)17(15)9-12(13(14)16-3)11-7-5-4-6-8-11/h4-8,10,12H,9H2,1-3H3. The minimum Gasteiger partial charge on any atom is -0.469 e. The van der Waals surface area contributed by atoms with Crippen LogP contribution in [0.2, 0.25) is 0 Å². The summed E-state index contributed by atoms with van der Waals surface area (Å²) >= 11 is 0. The second-order valence-electron chi connectivity index (χ2n) is 4.08. The fraction of sp³-hybridized carbons (Fsp3) is 0.462. The smallest absolute Gasteiger partial charge is 0.314 e. The Hall–Kier alpha value is -1.16. The lowest BCUT2D eigenvalue weighted by Gasteiger charge is -2.15. The van der Waals surface area contributed by atoms with Gasteiger partial charge in [0.2, 0.25) is 0 Å². The molecule has 2 atom stereocenters. The number of hydrogen-bond acceptors (Lipinski definition) is 3. The molecule has 0 N–H and O–H groups in total. The van der Waals surface area contributed by atoms with E-state index in [0.717, 1.165) is 5.56 Å². The lowest BCUT2D eigenvalue weighted by molar-refractivity contribution is -0.141. The van der Waals surface area contributed by atoms with E-state index < -0.39 is 16.7 Å². The van der Waals surface area contributed by atoms with Crippen LogP contribution in [0.1, 0.15) is 25.3 Å². The Bertz CT molecular complexity index is 387. The van der Waals surface area contributed by atoms with E-state index in [4.69, 9.17) is 4.74 Å². The summed E-state index contributed by atoms with van der Waals surface area (Å²) in [5.74, 6) is -0.455. The number of carbonyl (C=O) groups excluding carboxylic acids is 1. The maximum Gasteiger partial charge on any atom is 0.314 e. The topological polar surface area (TPSA) is 43.4 Å². The van der Waals surface area contributed by atoms with Crippen LogP contribution in [-0.4, -0.2) is 28.3 Å². The fourth-order valence-electron chi connectivity index (χ4n) is 1.48. The molecule has 0 heterocycles. The molecule has 0 aliphatic carbocycles. The maximum atomic E-state index is 11.9. The largest absolute Gasteiger partial charge is 0.469 e. The van der Waals surface area contributed by atoms with E-state index in [0.29, 0.717) is 5.75 Å². The van der Waals surface area contributed by atoms with Crippen LogP contribution in [0.4, 0.5) is 0 Å². The van der Waals surface area contributed by atoms with E-state index in [1.54, 1.807) is 0 Å². The molecule has 3 nitrogen and oxygen atoms in total. The quantitative estimate of drug-likeness (QED) is 0.756. The first-order chi connectivity index (χ1) is 8.06. The molecule has 2 unspecified atom stereocenters. The van der Waals surface area contributed by atoms with Gasteiger partial charge in [0.1, 0.15) is 0 Å². The predicted octanol–water partition coefficient (Wildman–Crippen LogP) is 2.10. The van der Waals surface area contributed by atoms with Gasteiger partial charge in [0, 0.05) is 21.8 Å². The molecular weight excluding hydrogens is 236 g/mol. The highest BCUT2D eigenvalue weighted by atomic mass is 32.2. The summed E-state index contributed by atoms with van der Waals surface area (Å²) in [5, 5.41) is 0.0471. The Morgan fingerprint density at radius 1 is 1.29 bits per heavy atom. The van der Waals surface area contributed by atoms with Crippen LogP contribution in [-0.2, 0) is 20.3 Å². The van der Waals surface area contributed by atoms with E-state index >= 15 is 0 Å². The third kappa shape index (κ3) is 3.97. The molecule has 0 aliphatic rings. The SMILES string of the molecule is COC(=O)C(CS(=O)C(C)C)c1ccccc1. The first-order valence-corrected chi connectivity index (χ1v) is 6.94. The van der Waals surface area contributed by atoms with Crippen molar-refractivity contribution in [3.8, 4) is 0 Å². The van der Waals surface area contributed by atoms with Gasteiger partial charge in [-0.05, 0) is 5.56 Å². The van der Waals surface area contributed by atoms with Crippen molar-refractivity contribution in [1.29, 1.82) is 0 Å². The molecule has 0 aromatic heterocycles. The minimum absolute atomic E-state index is 0.0471. The Morgan fingerprint density at radius 3 is 2.35 bits per heavy atom. The molecule has 0 bridgehead atoms. The average molecular weight is 254 g/mol. The molecule has 1 aromatic rings. The summed E-state index contributed by atoms with van der Waals surface area (Å²) in [6.07, 6.45) is 0. The summed E-state index contributed by atoms with van der Waals surface area (Å²) < 4.78 is 16.6. The molecule has 0 amide bonds. The van der Waals surface area contributed by atoms with Crippen LogP contribution in [0.3, 0.4) is 0 Å². The highest BCUT2D eigenvalue weighted by Gasteiger charge is 2.24. The highest BCUT2D eigenvalue weighted by Crippen LogP contribution is 2.19. The molecule has 1 aromatic carbocycles. The molecule has 94 valence electrons. The van der Waals surface area contributed by atoms with Gasteiger partial charge in [-0.1, -0.05) is 44.2 Å². The maximum absolute atomic E-state index is 11.9. The second-order valence-corrected chi connectivity index (χ2v) is 6.12. The van der Waals surface area contributed by atoms with Crippen molar-refractivity contribution in [3.63, 3.8) is 0 Å². The van der Waals surface area contributed by atoms with E-state index in [1.165, 1.54) is 7.11 Å². The summed E-state index contributed by atoms with van der Waals surface area (Å²) in [7, 11) is 0.332. The van der Waals surface area contributed by atoms with Crippen molar-refractivity contribution < 1.29 is 13.7 Å². The van der Waals surface area contributed by atoms with Crippen molar-refractivity contribution in [2.45, 2.75) is 25.0 Å². The van der Waals surface area contributed by atoms with E-state index in [-0.39, 0.29) is 11.2 Å². The summed E-state index contributed by atoms with van der Waals surface area (Å²) in [6.45, 7) is 3.77. The molecule has 4 heteroatoms. The van der Waals surface area contributed by atoms with Gasteiger partial charge in [-0.3, -0.25) is 9.00 Å². The van der Waals surface area contributed by atoms with Gasteiger partial charge < -0.3 is 4.74 Å². The zero-order valence-electron chi connectivity index (χ0n) is 10.4. The summed E-state index contributed by atoms with van der Waals surface area (Å²) in [4.78, 5) is 11.7. The van der Waals surface area contributed by atoms with Crippen molar-refractivity contribution in [1.82, 2.24) is 0 Å². The van der Waals surface area contributed by atoms with Gasteiger partial charge in [-0.15, -0.1) is 0 Å². The van der Waals surface area contributed by atoms with Crippen LogP contribution in [0, 0.1) is 0 Å². The zero-order chi connectivity index (χ0) is 12.8. The molecule has 1 rings (SSSR count). The van der Waals surface area contributed by atoms with Gasteiger partial charge in [0.25, 0.3) is 0 Å². The van der Waals surface area contributed by atoms with Gasteiger partial charge in [0.05, 0.1) is 13.0 Å². The Labute approximate surface area is 105 Å².